The Labute approximate surface area is 386 Å². The van der Waals surface area contributed by atoms with Gasteiger partial charge < -0.3 is 4.74 Å². The van der Waals surface area contributed by atoms with E-state index in [1.54, 1.807) is 0 Å². The fourth-order valence-corrected chi connectivity index (χ4v) is 13.5. The van der Waals surface area contributed by atoms with Gasteiger partial charge in [-0.15, -0.1) is 0 Å². The summed E-state index contributed by atoms with van der Waals surface area (Å²) in [6, 6.07) is 66.2. The van der Waals surface area contributed by atoms with Gasteiger partial charge in [0.2, 0.25) is 0 Å². The summed E-state index contributed by atoms with van der Waals surface area (Å²) in [6.45, 7) is 2.52. The van der Waals surface area contributed by atoms with E-state index < -0.39 is 5.41 Å². The minimum absolute atomic E-state index is 0.298. The van der Waals surface area contributed by atoms with Crippen molar-refractivity contribution >= 4 is 10.8 Å². The highest BCUT2D eigenvalue weighted by molar-refractivity contribution is 5.91. The molecule has 3 atom stereocenters. The van der Waals surface area contributed by atoms with E-state index in [9.17, 15) is 0 Å². The maximum atomic E-state index is 6.55. The van der Waals surface area contributed by atoms with Gasteiger partial charge in [0.1, 0.15) is 11.5 Å². The smallest absolute Gasteiger partial charge is 0.164 e. The topological polar surface area (TPSA) is 47.9 Å². The van der Waals surface area contributed by atoms with Gasteiger partial charge in [-0.2, -0.15) is 0 Å². The van der Waals surface area contributed by atoms with Crippen LogP contribution in [-0.4, -0.2) is 15.0 Å². The number of hydrogen-bond donors (Lipinski definition) is 0. The van der Waals surface area contributed by atoms with Crippen LogP contribution in [0.25, 0.3) is 67.2 Å². The lowest BCUT2D eigenvalue weighted by atomic mass is 9.60. The third-order valence-electron chi connectivity index (χ3n) is 16.5. The van der Waals surface area contributed by atoms with Crippen LogP contribution in [0.4, 0.5) is 0 Å². The van der Waals surface area contributed by atoms with E-state index in [2.05, 4.69) is 189 Å². The molecule has 3 unspecified atom stereocenters. The van der Waals surface area contributed by atoms with Gasteiger partial charge in [0.15, 0.2) is 17.5 Å². The maximum absolute atomic E-state index is 6.55. The quantitative estimate of drug-likeness (QED) is 0.173. The van der Waals surface area contributed by atoms with Crippen molar-refractivity contribution in [1.29, 1.82) is 0 Å². The standard InChI is InChI=1S/C62H49N3O/c1-38-35-61(36-40-30-39(31-40)32-48(38)37-61)49-27-24-44(25-28-49)59-63-58(64-60(65-59)47-23-20-41-10-2-3-11-45(41)33-47)43-21-18-42(19-22-43)46-26-29-53-51(34-46)50-12-4-5-13-52(50)62(53)54-14-6-8-16-56(54)66-57-17-9-7-15-55(57)62/h2-29,33-34,38-40,48H,30-32,35-37H2,1H3. The predicted molar refractivity (Wildman–Crippen MR) is 265 cm³/mol. The molecule has 0 saturated heterocycles. The van der Waals surface area contributed by atoms with Gasteiger partial charge in [-0.1, -0.05) is 165 Å². The van der Waals surface area contributed by atoms with Crippen molar-refractivity contribution in [3.05, 3.63) is 210 Å². The molecule has 0 amide bonds. The molecular formula is C62H49N3O. The Bertz CT molecular complexity index is 3350. The molecule has 15 rings (SSSR count). The van der Waals surface area contributed by atoms with Gasteiger partial charge in [0.25, 0.3) is 0 Å². The predicted octanol–water partition coefficient (Wildman–Crippen LogP) is 15.3. The summed E-state index contributed by atoms with van der Waals surface area (Å²) in [5.41, 5.74) is 14.0. The molecule has 4 fully saturated rings. The molecule has 4 heteroatoms. The molecule has 5 aliphatic carbocycles. The molecule has 4 saturated carbocycles. The van der Waals surface area contributed by atoms with Crippen molar-refractivity contribution in [2.45, 2.75) is 56.3 Å². The summed E-state index contributed by atoms with van der Waals surface area (Å²) < 4.78 is 6.55. The highest BCUT2D eigenvalue weighted by atomic mass is 16.5. The van der Waals surface area contributed by atoms with Crippen molar-refractivity contribution in [2.75, 3.05) is 0 Å². The molecule has 6 aliphatic rings. The molecule has 66 heavy (non-hydrogen) atoms. The van der Waals surface area contributed by atoms with Crippen LogP contribution in [-0.2, 0) is 10.8 Å². The summed E-state index contributed by atoms with van der Waals surface area (Å²) >= 11 is 0. The minimum Gasteiger partial charge on any atom is -0.457 e. The lowest BCUT2D eigenvalue weighted by molar-refractivity contribution is 0.0985. The van der Waals surface area contributed by atoms with Gasteiger partial charge in [0, 0.05) is 27.8 Å². The molecule has 4 nitrogen and oxygen atoms in total. The lowest BCUT2D eigenvalue weighted by Gasteiger charge is -2.45. The highest BCUT2D eigenvalue weighted by Crippen LogP contribution is 2.63. The first-order valence-corrected chi connectivity index (χ1v) is 24.1. The Hall–Kier alpha value is -7.17. The monoisotopic (exact) mass is 851 g/mol. The van der Waals surface area contributed by atoms with E-state index in [4.69, 9.17) is 19.7 Å². The number of rotatable bonds is 5. The molecule has 318 valence electrons. The van der Waals surface area contributed by atoms with Crippen LogP contribution >= 0.6 is 0 Å². The van der Waals surface area contributed by atoms with E-state index in [0.29, 0.717) is 22.9 Å². The zero-order valence-corrected chi connectivity index (χ0v) is 37.1. The van der Waals surface area contributed by atoms with Crippen LogP contribution in [0.15, 0.2) is 182 Å². The van der Waals surface area contributed by atoms with E-state index in [1.165, 1.54) is 88.2 Å². The number of para-hydroxylation sites is 2. The molecule has 1 aromatic heterocycles. The maximum Gasteiger partial charge on any atom is 0.164 e. The fraction of sp³-hybridized carbons (Fsp3) is 0.210. The second kappa shape index (κ2) is 14.4. The van der Waals surface area contributed by atoms with Crippen molar-refractivity contribution < 1.29 is 4.74 Å². The first-order chi connectivity index (χ1) is 32.5. The zero-order valence-electron chi connectivity index (χ0n) is 37.1. The largest absolute Gasteiger partial charge is 0.457 e. The zero-order chi connectivity index (χ0) is 43.6. The van der Waals surface area contributed by atoms with Gasteiger partial charge in [-0.3, -0.25) is 0 Å². The third kappa shape index (κ3) is 5.73. The van der Waals surface area contributed by atoms with Crippen LogP contribution in [0, 0.1) is 23.7 Å². The Kier molecular flexibility index (Phi) is 8.33. The van der Waals surface area contributed by atoms with Crippen LogP contribution in [0.1, 0.15) is 73.3 Å². The van der Waals surface area contributed by atoms with Gasteiger partial charge >= 0.3 is 0 Å². The van der Waals surface area contributed by atoms with E-state index in [0.717, 1.165) is 63.0 Å². The van der Waals surface area contributed by atoms with Crippen molar-refractivity contribution in [2.24, 2.45) is 23.7 Å². The summed E-state index contributed by atoms with van der Waals surface area (Å²) in [4.78, 5) is 15.6. The average Bonchev–Trinajstić information content (AvgIpc) is 3.86. The molecule has 2 heterocycles. The van der Waals surface area contributed by atoms with Crippen molar-refractivity contribution in [3.63, 3.8) is 0 Å². The second-order valence-corrected chi connectivity index (χ2v) is 20.2. The molecule has 1 spiro atoms. The van der Waals surface area contributed by atoms with Crippen molar-refractivity contribution in [3.8, 4) is 67.9 Å². The molecule has 0 radical (unpaired) electrons. The highest BCUT2D eigenvalue weighted by Gasteiger charge is 2.52. The first kappa shape index (κ1) is 38.1. The summed E-state index contributed by atoms with van der Waals surface area (Å²) in [5.74, 6) is 7.40. The van der Waals surface area contributed by atoms with Gasteiger partial charge in [-0.05, 0) is 142 Å². The van der Waals surface area contributed by atoms with E-state index in [-0.39, 0.29) is 0 Å². The molecule has 9 aromatic rings. The normalized spacial score (nSPS) is 22.6. The average molecular weight is 852 g/mol. The number of aromatic nitrogens is 3. The van der Waals surface area contributed by atoms with Gasteiger partial charge in [0.05, 0.1) is 5.41 Å². The Morgan fingerprint density at radius 2 is 0.985 bits per heavy atom. The molecule has 4 bridgehead atoms. The second-order valence-electron chi connectivity index (χ2n) is 20.2. The molecular weight excluding hydrogens is 803 g/mol. The van der Waals surface area contributed by atoms with E-state index >= 15 is 0 Å². The lowest BCUT2D eigenvalue weighted by Crippen LogP contribution is -2.36. The molecule has 0 N–H and O–H groups in total. The van der Waals surface area contributed by atoms with Crippen LogP contribution in [0.2, 0.25) is 0 Å². The van der Waals surface area contributed by atoms with Gasteiger partial charge in [-0.25, -0.2) is 15.0 Å². The number of benzene rings is 8. The molecule has 1 aliphatic heterocycles. The minimum atomic E-state index is -0.480. The summed E-state index contributed by atoms with van der Waals surface area (Å²) in [5, 5.41) is 2.37. The number of hydrogen-bond acceptors (Lipinski definition) is 4. The summed E-state index contributed by atoms with van der Waals surface area (Å²) in [7, 11) is 0. The van der Waals surface area contributed by atoms with Crippen molar-refractivity contribution in [1.82, 2.24) is 15.0 Å². The fourth-order valence-electron chi connectivity index (χ4n) is 13.5. The van der Waals surface area contributed by atoms with Crippen LogP contribution in [0.3, 0.4) is 0 Å². The molecule has 8 aromatic carbocycles. The van der Waals surface area contributed by atoms with Crippen LogP contribution in [0.5, 0.6) is 11.5 Å². The number of nitrogens with zero attached hydrogens (tertiary/aromatic N) is 3. The SMILES string of the molecule is CC1CC2(c3ccc(-c4nc(-c5ccc(-c6ccc7c(c6)-c6ccccc6C76c7ccccc7Oc7ccccc76)cc5)nc(-c5ccc6ccccc6c5)n4)cc3)CC3CC(C3)CC1C2. The Morgan fingerprint density at radius 1 is 0.424 bits per heavy atom. The number of ether oxygens (including phenoxy) is 1. The Morgan fingerprint density at radius 3 is 1.71 bits per heavy atom. The van der Waals surface area contributed by atoms with Crippen LogP contribution < -0.4 is 4.74 Å². The van der Waals surface area contributed by atoms with E-state index in [1.807, 2.05) is 0 Å². The summed E-state index contributed by atoms with van der Waals surface area (Å²) in [6.07, 6.45) is 8.33. The Balaban J connectivity index is 0.845. The third-order valence-corrected chi connectivity index (χ3v) is 16.5. The first-order valence-electron chi connectivity index (χ1n) is 24.1. The number of fused-ring (bicyclic) bond motifs is 10.